The molecule has 2 N–H and O–H groups in total. The standard InChI is InChI=1S/C17H23F3N6/c1-5-10(3)21-15-24-14(25-16(26-15)22-11(4)6-2)12-8-7-9-13(23-12)17(18,19)20/h7-11H,5-6H2,1-4H3,(H2,21,22,24,25,26). The van der Waals surface area contributed by atoms with Gasteiger partial charge in [-0.05, 0) is 38.8 Å². The lowest BCUT2D eigenvalue weighted by Gasteiger charge is -2.16. The molecule has 26 heavy (non-hydrogen) atoms. The summed E-state index contributed by atoms with van der Waals surface area (Å²) in [7, 11) is 0. The molecule has 0 fully saturated rings. The second kappa shape index (κ2) is 8.29. The van der Waals surface area contributed by atoms with Crippen LogP contribution in [-0.2, 0) is 6.18 Å². The Balaban J connectivity index is 2.46. The predicted octanol–water partition coefficient (Wildman–Crippen LogP) is 4.37. The van der Waals surface area contributed by atoms with Gasteiger partial charge in [0, 0.05) is 12.1 Å². The van der Waals surface area contributed by atoms with Gasteiger partial charge in [-0.3, -0.25) is 0 Å². The Hall–Kier alpha value is -2.45. The monoisotopic (exact) mass is 368 g/mol. The van der Waals surface area contributed by atoms with Gasteiger partial charge in [-0.15, -0.1) is 0 Å². The maximum absolute atomic E-state index is 12.9. The Bertz CT molecular complexity index is 704. The third-order valence-electron chi connectivity index (χ3n) is 3.88. The highest BCUT2D eigenvalue weighted by atomic mass is 19.4. The van der Waals surface area contributed by atoms with E-state index in [1.54, 1.807) is 0 Å². The van der Waals surface area contributed by atoms with Gasteiger partial charge in [0.05, 0.1) is 0 Å². The Kier molecular flexibility index (Phi) is 6.33. The highest BCUT2D eigenvalue weighted by molar-refractivity contribution is 5.54. The van der Waals surface area contributed by atoms with Gasteiger partial charge < -0.3 is 10.6 Å². The fourth-order valence-corrected chi connectivity index (χ4v) is 1.98. The number of hydrogen-bond donors (Lipinski definition) is 2. The lowest BCUT2D eigenvalue weighted by Crippen LogP contribution is -2.20. The van der Waals surface area contributed by atoms with E-state index in [4.69, 9.17) is 0 Å². The van der Waals surface area contributed by atoms with Crippen molar-refractivity contribution in [3.63, 3.8) is 0 Å². The van der Waals surface area contributed by atoms with Crippen LogP contribution in [0.4, 0.5) is 25.1 Å². The summed E-state index contributed by atoms with van der Waals surface area (Å²) in [5.41, 5.74) is -0.940. The first-order valence-electron chi connectivity index (χ1n) is 8.56. The molecule has 2 aromatic heterocycles. The van der Waals surface area contributed by atoms with Crippen LogP contribution in [-0.4, -0.2) is 32.0 Å². The number of halogens is 3. The fourth-order valence-electron chi connectivity index (χ4n) is 1.98. The third-order valence-corrected chi connectivity index (χ3v) is 3.88. The van der Waals surface area contributed by atoms with Gasteiger partial charge in [0.15, 0.2) is 5.82 Å². The summed E-state index contributed by atoms with van der Waals surface area (Å²) in [5, 5.41) is 6.25. The van der Waals surface area contributed by atoms with Crippen molar-refractivity contribution >= 4 is 11.9 Å². The minimum Gasteiger partial charge on any atom is -0.352 e. The van der Waals surface area contributed by atoms with Crippen LogP contribution in [0.1, 0.15) is 46.2 Å². The maximum atomic E-state index is 12.9. The van der Waals surface area contributed by atoms with Crippen molar-refractivity contribution in [1.29, 1.82) is 0 Å². The van der Waals surface area contributed by atoms with E-state index < -0.39 is 11.9 Å². The van der Waals surface area contributed by atoms with E-state index >= 15 is 0 Å². The molecule has 0 bridgehead atoms. The Morgan fingerprint density at radius 3 is 1.88 bits per heavy atom. The minimum atomic E-state index is -4.53. The fraction of sp³-hybridized carbons (Fsp3) is 0.529. The molecule has 0 aromatic carbocycles. The molecular formula is C17H23F3N6. The topological polar surface area (TPSA) is 75.6 Å². The lowest BCUT2D eigenvalue weighted by molar-refractivity contribution is -0.141. The summed E-state index contributed by atoms with van der Waals surface area (Å²) in [6, 6.07) is 3.87. The molecule has 0 spiro atoms. The molecule has 2 unspecified atom stereocenters. The SMILES string of the molecule is CCC(C)Nc1nc(NC(C)CC)nc(-c2cccc(C(F)(F)F)n2)n1. The number of aromatic nitrogens is 4. The summed E-state index contributed by atoms with van der Waals surface area (Å²) in [6.07, 6.45) is -2.84. The molecule has 142 valence electrons. The van der Waals surface area contributed by atoms with Crippen LogP contribution in [0.5, 0.6) is 0 Å². The highest BCUT2D eigenvalue weighted by Crippen LogP contribution is 2.29. The number of anilines is 2. The molecule has 9 heteroatoms. The summed E-state index contributed by atoms with van der Waals surface area (Å²) < 4.78 is 38.8. The number of nitrogens with one attached hydrogen (secondary N) is 2. The zero-order valence-electron chi connectivity index (χ0n) is 15.2. The average Bonchev–Trinajstić information content (AvgIpc) is 2.60. The Morgan fingerprint density at radius 2 is 1.42 bits per heavy atom. The van der Waals surface area contributed by atoms with E-state index in [1.807, 2.05) is 27.7 Å². The molecule has 0 aliphatic rings. The number of rotatable bonds is 7. The molecule has 0 saturated carbocycles. The zero-order chi connectivity index (χ0) is 19.3. The first-order valence-corrected chi connectivity index (χ1v) is 8.56. The van der Waals surface area contributed by atoms with Crippen LogP contribution in [0.15, 0.2) is 18.2 Å². The second-order valence-corrected chi connectivity index (χ2v) is 6.12. The predicted molar refractivity (Wildman–Crippen MR) is 94.8 cm³/mol. The molecule has 0 amide bonds. The highest BCUT2D eigenvalue weighted by Gasteiger charge is 2.32. The van der Waals surface area contributed by atoms with E-state index in [0.29, 0.717) is 11.9 Å². The molecule has 0 aliphatic heterocycles. The minimum absolute atomic E-state index is 0.0432. The maximum Gasteiger partial charge on any atom is 0.433 e. The molecule has 0 saturated heterocycles. The van der Waals surface area contributed by atoms with Crippen LogP contribution >= 0.6 is 0 Å². The van der Waals surface area contributed by atoms with Crippen LogP contribution in [0.3, 0.4) is 0 Å². The normalized spacial score (nSPS) is 14.0. The van der Waals surface area contributed by atoms with E-state index in [-0.39, 0.29) is 23.6 Å². The van der Waals surface area contributed by atoms with Crippen molar-refractivity contribution in [2.45, 2.75) is 58.8 Å². The zero-order valence-corrected chi connectivity index (χ0v) is 15.2. The van der Waals surface area contributed by atoms with Crippen LogP contribution < -0.4 is 10.6 Å². The largest absolute Gasteiger partial charge is 0.433 e. The summed E-state index contributed by atoms with van der Waals surface area (Å²) in [5.74, 6) is 0.687. The van der Waals surface area contributed by atoms with E-state index in [0.717, 1.165) is 18.9 Å². The van der Waals surface area contributed by atoms with Crippen molar-refractivity contribution in [1.82, 2.24) is 19.9 Å². The second-order valence-electron chi connectivity index (χ2n) is 6.12. The van der Waals surface area contributed by atoms with Crippen molar-refractivity contribution in [3.05, 3.63) is 23.9 Å². The van der Waals surface area contributed by atoms with Gasteiger partial charge in [-0.25, -0.2) is 4.98 Å². The molecular weight excluding hydrogens is 345 g/mol. The summed E-state index contributed by atoms with van der Waals surface area (Å²) >= 11 is 0. The molecule has 2 aromatic rings. The first-order chi connectivity index (χ1) is 12.2. The molecule has 0 radical (unpaired) electrons. The van der Waals surface area contributed by atoms with Gasteiger partial charge in [-0.2, -0.15) is 28.1 Å². The van der Waals surface area contributed by atoms with Crippen molar-refractivity contribution in [3.8, 4) is 11.5 Å². The smallest absolute Gasteiger partial charge is 0.352 e. The number of hydrogen-bond acceptors (Lipinski definition) is 6. The number of nitrogens with zero attached hydrogens (tertiary/aromatic N) is 4. The van der Waals surface area contributed by atoms with Gasteiger partial charge in [-0.1, -0.05) is 19.9 Å². The molecule has 0 aliphatic carbocycles. The quantitative estimate of drug-likeness (QED) is 0.756. The Labute approximate surface area is 150 Å². The number of pyridine rings is 1. The molecule has 2 rings (SSSR count). The van der Waals surface area contributed by atoms with Gasteiger partial charge in [0.25, 0.3) is 0 Å². The number of alkyl halides is 3. The molecule has 2 atom stereocenters. The van der Waals surface area contributed by atoms with Crippen LogP contribution in [0.2, 0.25) is 0 Å². The van der Waals surface area contributed by atoms with Crippen LogP contribution in [0, 0.1) is 0 Å². The van der Waals surface area contributed by atoms with E-state index in [2.05, 4.69) is 30.6 Å². The molecule has 2 heterocycles. The van der Waals surface area contributed by atoms with Gasteiger partial charge in [0.1, 0.15) is 11.4 Å². The van der Waals surface area contributed by atoms with E-state index in [1.165, 1.54) is 12.1 Å². The van der Waals surface area contributed by atoms with E-state index in [9.17, 15) is 13.2 Å². The molecule has 6 nitrogen and oxygen atoms in total. The van der Waals surface area contributed by atoms with Crippen LogP contribution in [0.25, 0.3) is 11.5 Å². The van der Waals surface area contributed by atoms with Crippen molar-refractivity contribution in [2.75, 3.05) is 10.6 Å². The Morgan fingerprint density at radius 1 is 0.885 bits per heavy atom. The van der Waals surface area contributed by atoms with Gasteiger partial charge in [0.2, 0.25) is 11.9 Å². The van der Waals surface area contributed by atoms with Gasteiger partial charge >= 0.3 is 6.18 Å². The summed E-state index contributed by atoms with van der Waals surface area (Å²) in [4.78, 5) is 16.5. The summed E-state index contributed by atoms with van der Waals surface area (Å²) in [6.45, 7) is 7.94. The average molecular weight is 368 g/mol. The van der Waals surface area contributed by atoms with Crippen molar-refractivity contribution < 1.29 is 13.2 Å². The lowest BCUT2D eigenvalue weighted by atomic mass is 10.2. The third kappa shape index (κ3) is 5.27. The first kappa shape index (κ1) is 19.9. The van der Waals surface area contributed by atoms with Crippen molar-refractivity contribution in [2.24, 2.45) is 0 Å².